The molecule has 0 atom stereocenters. The van der Waals surface area contributed by atoms with Crippen LogP contribution in [0, 0.1) is 0 Å². The fourth-order valence-electron chi connectivity index (χ4n) is 1.63. The third kappa shape index (κ3) is 3.02. The summed E-state index contributed by atoms with van der Waals surface area (Å²) in [6.45, 7) is 5.46. The van der Waals surface area contributed by atoms with E-state index in [1.807, 2.05) is 12.3 Å². The van der Waals surface area contributed by atoms with Gasteiger partial charge in [0.05, 0.1) is 11.7 Å². The molecular weight excluding hydrogens is 284 g/mol. The van der Waals surface area contributed by atoms with Crippen LogP contribution in [0.25, 0.3) is 0 Å². The molecule has 104 valence electrons. The molecule has 8 heteroatoms. The molecular formula is C11H16N4O2S2. The summed E-state index contributed by atoms with van der Waals surface area (Å²) in [5.41, 5.74) is -0.759. The van der Waals surface area contributed by atoms with Gasteiger partial charge in [-0.1, -0.05) is 6.92 Å². The molecule has 0 radical (unpaired) electrons. The molecule has 0 bridgehead atoms. The van der Waals surface area contributed by atoms with Gasteiger partial charge in [-0.15, -0.1) is 11.3 Å². The monoisotopic (exact) mass is 300 g/mol. The van der Waals surface area contributed by atoms with Crippen LogP contribution < -0.4 is 4.72 Å². The first-order valence-corrected chi connectivity index (χ1v) is 8.19. The molecule has 0 unspecified atom stereocenters. The van der Waals surface area contributed by atoms with Gasteiger partial charge in [0, 0.05) is 18.0 Å². The highest BCUT2D eigenvalue weighted by molar-refractivity contribution is 7.89. The Bertz CT molecular complexity index is 644. The van der Waals surface area contributed by atoms with Gasteiger partial charge in [-0.25, -0.2) is 18.4 Å². The van der Waals surface area contributed by atoms with Gasteiger partial charge < -0.3 is 4.98 Å². The summed E-state index contributed by atoms with van der Waals surface area (Å²) in [5.74, 6) is 0.646. The number of aromatic nitrogens is 3. The van der Waals surface area contributed by atoms with Crippen LogP contribution in [0.3, 0.4) is 0 Å². The van der Waals surface area contributed by atoms with Crippen molar-refractivity contribution in [1.82, 2.24) is 19.7 Å². The Morgan fingerprint density at radius 1 is 1.42 bits per heavy atom. The van der Waals surface area contributed by atoms with Crippen LogP contribution in [0.1, 0.15) is 31.6 Å². The number of H-pyrrole nitrogens is 1. The van der Waals surface area contributed by atoms with E-state index in [4.69, 9.17) is 0 Å². The fourth-order valence-corrected chi connectivity index (χ4v) is 3.73. The van der Waals surface area contributed by atoms with Crippen molar-refractivity contribution < 1.29 is 8.42 Å². The lowest BCUT2D eigenvalue weighted by Gasteiger charge is -2.22. The molecule has 0 spiro atoms. The maximum absolute atomic E-state index is 12.3. The largest absolute Gasteiger partial charge is 0.332 e. The van der Waals surface area contributed by atoms with Crippen molar-refractivity contribution in [2.45, 2.75) is 37.8 Å². The van der Waals surface area contributed by atoms with E-state index in [9.17, 15) is 8.42 Å². The molecule has 2 N–H and O–H groups in total. The highest BCUT2D eigenvalue weighted by Crippen LogP contribution is 2.24. The van der Waals surface area contributed by atoms with E-state index in [2.05, 4.69) is 19.7 Å². The van der Waals surface area contributed by atoms with E-state index in [1.165, 1.54) is 17.5 Å². The van der Waals surface area contributed by atoms with Crippen molar-refractivity contribution in [3.63, 3.8) is 0 Å². The maximum Gasteiger partial charge on any atom is 0.258 e. The van der Waals surface area contributed by atoms with Crippen LogP contribution in [0.15, 0.2) is 22.8 Å². The molecule has 2 aromatic heterocycles. The zero-order valence-electron chi connectivity index (χ0n) is 11.0. The second-order valence-corrected chi connectivity index (χ2v) is 7.16. The van der Waals surface area contributed by atoms with Crippen molar-refractivity contribution in [3.05, 3.63) is 28.6 Å². The molecule has 0 saturated carbocycles. The molecule has 0 aliphatic carbocycles. The maximum atomic E-state index is 12.3. The van der Waals surface area contributed by atoms with Gasteiger partial charge >= 0.3 is 0 Å². The zero-order chi connectivity index (χ0) is 14.1. The van der Waals surface area contributed by atoms with Crippen molar-refractivity contribution in [2.24, 2.45) is 0 Å². The van der Waals surface area contributed by atoms with E-state index in [-0.39, 0.29) is 5.03 Å². The summed E-state index contributed by atoms with van der Waals surface area (Å²) < 4.78 is 27.2. The van der Waals surface area contributed by atoms with Gasteiger partial charge in [0.15, 0.2) is 5.03 Å². The quantitative estimate of drug-likeness (QED) is 0.878. The van der Waals surface area contributed by atoms with Crippen molar-refractivity contribution in [3.8, 4) is 0 Å². The predicted octanol–water partition coefficient (Wildman–Crippen LogP) is 1.64. The van der Waals surface area contributed by atoms with Gasteiger partial charge in [-0.3, -0.25) is 0 Å². The van der Waals surface area contributed by atoms with Crippen LogP contribution in [0.4, 0.5) is 0 Å². The molecule has 0 aliphatic rings. The summed E-state index contributed by atoms with van der Waals surface area (Å²) in [6.07, 6.45) is 3.64. The van der Waals surface area contributed by atoms with E-state index in [0.29, 0.717) is 17.3 Å². The molecule has 6 nitrogen and oxygen atoms in total. The van der Waals surface area contributed by atoms with Crippen LogP contribution in [0.2, 0.25) is 0 Å². The Morgan fingerprint density at radius 3 is 2.68 bits per heavy atom. The highest BCUT2D eigenvalue weighted by Gasteiger charge is 2.30. The number of thiazole rings is 1. The molecule has 2 heterocycles. The van der Waals surface area contributed by atoms with Crippen LogP contribution in [-0.2, 0) is 22.0 Å². The Kier molecular flexibility index (Phi) is 3.75. The normalized spacial score (nSPS) is 12.8. The first-order valence-electron chi connectivity index (χ1n) is 5.83. The lowest BCUT2D eigenvalue weighted by Crippen LogP contribution is -2.41. The summed E-state index contributed by atoms with van der Waals surface area (Å²) in [4.78, 5) is 11.0. The zero-order valence-corrected chi connectivity index (χ0v) is 12.6. The summed E-state index contributed by atoms with van der Waals surface area (Å²) in [5, 5.41) is 2.61. The molecule has 0 fully saturated rings. The average Bonchev–Trinajstić information content (AvgIpc) is 2.99. The number of imidazole rings is 1. The van der Waals surface area contributed by atoms with Crippen LogP contribution >= 0.6 is 11.3 Å². The molecule has 0 amide bonds. The number of nitrogens with zero attached hydrogens (tertiary/aromatic N) is 2. The van der Waals surface area contributed by atoms with Gasteiger partial charge in [0.2, 0.25) is 0 Å². The summed E-state index contributed by atoms with van der Waals surface area (Å²) in [6, 6.07) is 0. The number of hydrogen-bond donors (Lipinski definition) is 2. The Hall–Kier alpha value is -1.25. The predicted molar refractivity (Wildman–Crippen MR) is 73.4 cm³/mol. The van der Waals surface area contributed by atoms with Crippen LogP contribution in [0.5, 0.6) is 0 Å². The van der Waals surface area contributed by atoms with Crippen molar-refractivity contribution in [2.75, 3.05) is 0 Å². The first-order chi connectivity index (χ1) is 8.85. The fraction of sp³-hybridized carbons (Fsp3) is 0.455. The van der Waals surface area contributed by atoms with E-state index < -0.39 is 15.6 Å². The Balaban J connectivity index is 2.26. The highest BCUT2D eigenvalue weighted by atomic mass is 32.2. The number of hydrogen-bond acceptors (Lipinski definition) is 5. The van der Waals surface area contributed by atoms with Gasteiger partial charge in [-0.2, -0.15) is 4.72 Å². The molecule has 0 saturated heterocycles. The molecule has 19 heavy (non-hydrogen) atoms. The standard InChI is InChI=1S/C11H16N4O2S2/c1-4-8-13-7-9(14-8)19(16,17)15-11(2,3)10-12-5-6-18-10/h5-7,15H,4H2,1-3H3,(H,13,14). The average molecular weight is 300 g/mol. The topological polar surface area (TPSA) is 87.7 Å². The lowest BCUT2D eigenvalue weighted by atomic mass is 10.1. The number of nitrogens with one attached hydrogen (secondary N) is 2. The second kappa shape index (κ2) is 5.03. The van der Waals surface area contributed by atoms with E-state index in [0.717, 1.165) is 0 Å². The molecule has 2 rings (SSSR count). The first kappa shape index (κ1) is 14.2. The van der Waals surface area contributed by atoms with Gasteiger partial charge in [0.1, 0.15) is 10.8 Å². The van der Waals surface area contributed by atoms with Gasteiger partial charge in [0.25, 0.3) is 10.0 Å². The van der Waals surface area contributed by atoms with E-state index in [1.54, 1.807) is 20.0 Å². The minimum atomic E-state index is -3.63. The molecule has 0 aliphatic heterocycles. The minimum absolute atomic E-state index is 0.0778. The second-order valence-electron chi connectivity index (χ2n) is 4.62. The number of rotatable bonds is 5. The molecule has 2 aromatic rings. The Morgan fingerprint density at radius 2 is 2.16 bits per heavy atom. The number of aromatic amines is 1. The third-order valence-electron chi connectivity index (χ3n) is 2.59. The summed E-state index contributed by atoms with van der Waals surface area (Å²) in [7, 11) is -3.63. The third-order valence-corrected chi connectivity index (χ3v) is 5.25. The number of aryl methyl sites for hydroxylation is 1. The smallest absolute Gasteiger partial charge is 0.258 e. The van der Waals surface area contributed by atoms with Crippen molar-refractivity contribution in [1.29, 1.82) is 0 Å². The summed E-state index contributed by atoms with van der Waals surface area (Å²) >= 11 is 1.41. The number of sulfonamides is 1. The minimum Gasteiger partial charge on any atom is -0.332 e. The molecule has 0 aromatic carbocycles. The van der Waals surface area contributed by atoms with Gasteiger partial charge in [-0.05, 0) is 13.8 Å². The van der Waals surface area contributed by atoms with Crippen molar-refractivity contribution >= 4 is 21.4 Å². The SMILES string of the molecule is CCc1ncc(S(=O)(=O)NC(C)(C)c2nccs2)[nH]1. The van der Waals surface area contributed by atoms with Crippen LogP contribution in [-0.4, -0.2) is 23.4 Å². The lowest BCUT2D eigenvalue weighted by molar-refractivity contribution is 0.468. The van der Waals surface area contributed by atoms with E-state index >= 15 is 0 Å². The Labute approximate surface area is 116 Å².